The summed E-state index contributed by atoms with van der Waals surface area (Å²) >= 11 is 0. The first-order chi connectivity index (χ1) is 5.30. The number of benzene rings is 1. The third-order valence-electron chi connectivity index (χ3n) is 2.20. The summed E-state index contributed by atoms with van der Waals surface area (Å²) in [5.74, 6) is 0. The Morgan fingerprint density at radius 3 is 2.18 bits per heavy atom. The van der Waals surface area contributed by atoms with Crippen LogP contribution in [0.15, 0.2) is 30.3 Å². The summed E-state index contributed by atoms with van der Waals surface area (Å²) in [6.07, 6.45) is 0.567. The van der Waals surface area contributed by atoms with Gasteiger partial charge in [0.1, 0.15) is 6.17 Å². The number of para-hydroxylation sites is 1. The van der Waals surface area contributed by atoms with Gasteiger partial charge in [-0.15, -0.1) is 0 Å². The van der Waals surface area contributed by atoms with Crippen LogP contribution in [-0.2, 0) is 0 Å². The van der Waals surface area contributed by atoms with Crippen LogP contribution in [0.3, 0.4) is 0 Å². The van der Waals surface area contributed by atoms with Crippen molar-refractivity contribution in [1.82, 2.24) is 5.01 Å². The highest BCUT2D eigenvalue weighted by Gasteiger charge is 2.37. The van der Waals surface area contributed by atoms with Gasteiger partial charge in [-0.05, 0) is 19.1 Å². The number of hydrazine groups is 1. The number of hydrogen-bond donors (Lipinski definition) is 0. The van der Waals surface area contributed by atoms with Crippen molar-refractivity contribution in [3.05, 3.63) is 30.3 Å². The fourth-order valence-electron chi connectivity index (χ4n) is 1.35. The van der Waals surface area contributed by atoms with Crippen LogP contribution in [0.5, 0.6) is 0 Å². The van der Waals surface area contributed by atoms with E-state index in [1.54, 1.807) is 0 Å². The van der Waals surface area contributed by atoms with Crippen molar-refractivity contribution in [1.29, 1.82) is 0 Å². The Morgan fingerprint density at radius 1 is 1.18 bits per heavy atom. The topological polar surface area (TPSA) is 6.02 Å². The van der Waals surface area contributed by atoms with E-state index in [1.807, 2.05) is 6.07 Å². The highest BCUT2D eigenvalue weighted by atomic mass is 15.8. The molecule has 2 atom stereocenters. The van der Waals surface area contributed by atoms with E-state index < -0.39 is 0 Å². The molecule has 1 aromatic carbocycles. The maximum Gasteiger partial charge on any atom is 0.112 e. The Morgan fingerprint density at radius 2 is 1.73 bits per heavy atom. The molecule has 0 saturated carbocycles. The highest BCUT2D eigenvalue weighted by Crippen LogP contribution is 2.30. The van der Waals surface area contributed by atoms with Crippen LogP contribution in [0.2, 0.25) is 0 Å². The van der Waals surface area contributed by atoms with E-state index in [2.05, 4.69) is 48.3 Å². The molecule has 2 heteroatoms. The molecule has 0 radical (unpaired) electrons. The first kappa shape index (κ1) is 6.68. The lowest BCUT2D eigenvalue weighted by atomic mass is 10.3. The Hall–Kier alpha value is -1.02. The van der Waals surface area contributed by atoms with Crippen molar-refractivity contribution in [2.45, 2.75) is 13.1 Å². The smallest absolute Gasteiger partial charge is 0.112 e. The van der Waals surface area contributed by atoms with E-state index in [1.165, 1.54) is 5.69 Å². The Labute approximate surface area is 67.0 Å². The molecule has 0 N–H and O–H groups in total. The molecule has 1 saturated heterocycles. The van der Waals surface area contributed by atoms with E-state index >= 15 is 0 Å². The Bertz CT molecular complexity index is 237. The minimum atomic E-state index is 0.567. The Kier molecular flexibility index (Phi) is 1.36. The van der Waals surface area contributed by atoms with Crippen LogP contribution in [-0.4, -0.2) is 18.2 Å². The largest absolute Gasteiger partial charge is 0.285 e. The van der Waals surface area contributed by atoms with Crippen LogP contribution >= 0.6 is 0 Å². The normalized spacial score (nSPS) is 28.7. The first-order valence-corrected chi connectivity index (χ1v) is 3.88. The van der Waals surface area contributed by atoms with Crippen molar-refractivity contribution >= 4 is 5.69 Å². The third kappa shape index (κ3) is 0.994. The second kappa shape index (κ2) is 2.24. The molecule has 58 valence electrons. The van der Waals surface area contributed by atoms with E-state index in [0.29, 0.717) is 6.17 Å². The molecule has 1 heterocycles. The molecule has 1 aliphatic rings. The molecule has 0 aliphatic carbocycles. The van der Waals surface area contributed by atoms with Crippen LogP contribution in [0.1, 0.15) is 6.92 Å². The molecule has 0 spiro atoms. The van der Waals surface area contributed by atoms with Crippen LogP contribution in [0.25, 0.3) is 0 Å². The Balaban J connectivity index is 2.20. The second-order valence-electron chi connectivity index (χ2n) is 2.89. The average molecular weight is 148 g/mol. The first-order valence-electron chi connectivity index (χ1n) is 3.88. The maximum absolute atomic E-state index is 2.25. The van der Waals surface area contributed by atoms with Crippen LogP contribution in [0, 0.1) is 0 Å². The fourth-order valence-corrected chi connectivity index (χ4v) is 1.35. The summed E-state index contributed by atoms with van der Waals surface area (Å²) < 4.78 is 0. The zero-order valence-electron chi connectivity index (χ0n) is 6.86. The molecular weight excluding hydrogens is 136 g/mol. The number of anilines is 1. The molecule has 2 rings (SSSR count). The van der Waals surface area contributed by atoms with Gasteiger partial charge >= 0.3 is 0 Å². The quantitative estimate of drug-likeness (QED) is 0.559. The van der Waals surface area contributed by atoms with Gasteiger partial charge in [-0.25, -0.2) is 0 Å². The van der Waals surface area contributed by atoms with Gasteiger partial charge in [-0.1, -0.05) is 18.2 Å². The van der Waals surface area contributed by atoms with Gasteiger partial charge in [-0.2, -0.15) is 5.01 Å². The predicted molar refractivity (Wildman–Crippen MR) is 46.1 cm³/mol. The maximum atomic E-state index is 2.25. The van der Waals surface area contributed by atoms with Crippen LogP contribution < -0.4 is 5.01 Å². The molecule has 1 aromatic rings. The van der Waals surface area contributed by atoms with E-state index in [-0.39, 0.29) is 0 Å². The van der Waals surface area contributed by atoms with Gasteiger partial charge in [0.25, 0.3) is 0 Å². The molecule has 0 bridgehead atoms. The molecule has 1 unspecified atom stereocenters. The lowest BCUT2D eigenvalue weighted by Gasteiger charge is -2.00. The summed E-state index contributed by atoms with van der Waals surface area (Å²) in [5.41, 5.74) is 1.28. The monoisotopic (exact) mass is 148 g/mol. The standard InChI is InChI=1S/C9H12N2/c1-8-10(2)11(8)9-6-4-3-5-7-9/h3-8H,1-2H3/t8-,10?,11?/m1/s1. The minimum Gasteiger partial charge on any atom is -0.285 e. The average Bonchev–Trinajstić information content (AvgIpc) is 2.62. The molecule has 0 amide bonds. The summed E-state index contributed by atoms with van der Waals surface area (Å²) in [5, 5.41) is 4.45. The van der Waals surface area contributed by atoms with Crippen LogP contribution in [0.4, 0.5) is 5.69 Å². The van der Waals surface area contributed by atoms with Crippen molar-refractivity contribution in [2.75, 3.05) is 12.1 Å². The lowest BCUT2D eigenvalue weighted by Crippen LogP contribution is -1.98. The molecule has 0 aromatic heterocycles. The van der Waals surface area contributed by atoms with Gasteiger partial charge in [0, 0.05) is 7.05 Å². The number of rotatable bonds is 1. The zero-order valence-corrected chi connectivity index (χ0v) is 6.86. The number of hydrogen-bond acceptors (Lipinski definition) is 2. The van der Waals surface area contributed by atoms with Gasteiger partial charge in [0.05, 0.1) is 5.69 Å². The number of nitrogens with zero attached hydrogens (tertiary/aromatic N) is 2. The van der Waals surface area contributed by atoms with Crippen molar-refractivity contribution < 1.29 is 0 Å². The van der Waals surface area contributed by atoms with Crippen molar-refractivity contribution in [3.8, 4) is 0 Å². The van der Waals surface area contributed by atoms with E-state index in [4.69, 9.17) is 0 Å². The summed E-state index contributed by atoms with van der Waals surface area (Å²) in [7, 11) is 2.09. The third-order valence-corrected chi connectivity index (χ3v) is 2.20. The summed E-state index contributed by atoms with van der Waals surface area (Å²) in [6, 6.07) is 10.4. The molecule has 1 fully saturated rings. The lowest BCUT2D eigenvalue weighted by molar-refractivity contribution is 0.625. The van der Waals surface area contributed by atoms with Gasteiger partial charge in [0.15, 0.2) is 0 Å². The molecule has 11 heavy (non-hydrogen) atoms. The molecule has 1 aliphatic heterocycles. The highest BCUT2D eigenvalue weighted by molar-refractivity contribution is 5.49. The van der Waals surface area contributed by atoms with Gasteiger partial charge in [0.2, 0.25) is 0 Å². The second-order valence-corrected chi connectivity index (χ2v) is 2.89. The summed E-state index contributed by atoms with van der Waals surface area (Å²) in [6.45, 7) is 2.19. The SMILES string of the molecule is C[C@@H]1N(C)N1c1ccccc1. The van der Waals surface area contributed by atoms with Crippen molar-refractivity contribution in [2.24, 2.45) is 0 Å². The van der Waals surface area contributed by atoms with Crippen molar-refractivity contribution in [3.63, 3.8) is 0 Å². The molecule has 2 nitrogen and oxygen atoms in total. The van der Waals surface area contributed by atoms with Gasteiger partial charge in [-0.3, -0.25) is 5.01 Å². The predicted octanol–water partition coefficient (Wildman–Crippen LogP) is 1.70. The van der Waals surface area contributed by atoms with Gasteiger partial charge < -0.3 is 0 Å². The fraction of sp³-hybridized carbons (Fsp3) is 0.333. The summed E-state index contributed by atoms with van der Waals surface area (Å²) in [4.78, 5) is 0. The minimum absolute atomic E-state index is 0.567. The zero-order chi connectivity index (χ0) is 7.84. The van der Waals surface area contributed by atoms with E-state index in [9.17, 15) is 0 Å². The van der Waals surface area contributed by atoms with E-state index in [0.717, 1.165) is 0 Å². The molecular formula is C9H12N2.